The Balaban J connectivity index is 1.85. The van der Waals surface area contributed by atoms with Gasteiger partial charge in [0, 0.05) is 6.61 Å². The SMILES string of the molecule is CCCCOCCOC(=O)C1CCC=CC1C(=O)OCC(CCCC)Oc1ccccc1. The Kier molecular flexibility index (Phi) is 12.5. The molecule has 2 rings (SSSR count). The van der Waals surface area contributed by atoms with Gasteiger partial charge in [0.2, 0.25) is 0 Å². The second-order valence-electron chi connectivity index (χ2n) is 8.10. The fourth-order valence-corrected chi connectivity index (χ4v) is 3.57. The summed E-state index contributed by atoms with van der Waals surface area (Å²) >= 11 is 0. The van der Waals surface area contributed by atoms with Crippen LogP contribution in [-0.4, -0.2) is 44.5 Å². The van der Waals surface area contributed by atoms with Crippen molar-refractivity contribution >= 4 is 11.9 Å². The number of esters is 2. The van der Waals surface area contributed by atoms with Crippen LogP contribution in [-0.2, 0) is 23.8 Å². The zero-order valence-electron chi connectivity index (χ0n) is 19.5. The molecule has 1 aliphatic rings. The van der Waals surface area contributed by atoms with Gasteiger partial charge in [-0.2, -0.15) is 0 Å². The van der Waals surface area contributed by atoms with Gasteiger partial charge < -0.3 is 18.9 Å². The van der Waals surface area contributed by atoms with E-state index in [0.29, 0.717) is 19.6 Å². The lowest BCUT2D eigenvalue weighted by molar-refractivity contribution is -0.161. The third kappa shape index (κ3) is 9.43. The largest absolute Gasteiger partial charge is 0.487 e. The van der Waals surface area contributed by atoms with Crippen LogP contribution >= 0.6 is 0 Å². The van der Waals surface area contributed by atoms with Crippen LogP contribution in [0.5, 0.6) is 5.75 Å². The lowest BCUT2D eigenvalue weighted by Gasteiger charge is -2.26. The molecule has 6 heteroatoms. The second-order valence-corrected chi connectivity index (χ2v) is 8.10. The van der Waals surface area contributed by atoms with E-state index < -0.39 is 17.8 Å². The van der Waals surface area contributed by atoms with Crippen LogP contribution in [0.25, 0.3) is 0 Å². The highest BCUT2D eigenvalue weighted by molar-refractivity contribution is 5.84. The van der Waals surface area contributed by atoms with Gasteiger partial charge in [0.1, 0.15) is 25.1 Å². The standard InChI is InChI=1S/C26H38O6/c1-3-5-12-22(32-21-13-8-7-9-14-21)20-31-26(28)24-16-11-10-15-23(24)25(27)30-19-18-29-17-6-4-2/h7-9,11,13-14,16,22-24H,3-6,10,12,15,17-20H2,1-2H3. The number of rotatable bonds is 15. The number of carbonyl (C=O) groups excluding carboxylic acids is 2. The van der Waals surface area contributed by atoms with E-state index in [4.69, 9.17) is 18.9 Å². The topological polar surface area (TPSA) is 71.1 Å². The first-order chi connectivity index (χ1) is 15.7. The van der Waals surface area contributed by atoms with Crippen molar-refractivity contribution < 1.29 is 28.5 Å². The summed E-state index contributed by atoms with van der Waals surface area (Å²) in [5.41, 5.74) is 0. The molecular formula is C26H38O6. The van der Waals surface area contributed by atoms with Crippen molar-refractivity contribution in [1.82, 2.24) is 0 Å². The van der Waals surface area contributed by atoms with E-state index in [1.54, 1.807) is 6.08 Å². The van der Waals surface area contributed by atoms with E-state index in [0.717, 1.165) is 44.3 Å². The van der Waals surface area contributed by atoms with Gasteiger partial charge in [0.25, 0.3) is 0 Å². The smallest absolute Gasteiger partial charge is 0.313 e. The Morgan fingerprint density at radius 3 is 2.50 bits per heavy atom. The first-order valence-electron chi connectivity index (χ1n) is 11.9. The van der Waals surface area contributed by atoms with Gasteiger partial charge in [-0.05, 0) is 44.2 Å². The maximum atomic E-state index is 12.8. The normalized spacial score (nSPS) is 18.7. The van der Waals surface area contributed by atoms with Gasteiger partial charge in [-0.1, -0.05) is 57.0 Å². The summed E-state index contributed by atoms with van der Waals surface area (Å²) in [6.07, 6.45) is 9.65. The van der Waals surface area contributed by atoms with Crippen molar-refractivity contribution in [2.24, 2.45) is 11.8 Å². The third-order valence-corrected chi connectivity index (χ3v) is 5.45. The van der Waals surface area contributed by atoms with Crippen LogP contribution in [0.4, 0.5) is 0 Å². The Morgan fingerprint density at radius 2 is 1.75 bits per heavy atom. The molecule has 1 aliphatic carbocycles. The van der Waals surface area contributed by atoms with Crippen LogP contribution in [0.2, 0.25) is 0 Å². The summed E-state index contributed by atoms with van der Waals surface area (Å²) in [6.45, 7) is 5.61. The molecular weight excluding hydrogens is 408 g/mol. The van der Waals surface area contributed by atoms with Gasteiger partial charge in [0.15, 0.2) is 0 Å². The highest BCUT2D eigenvalue weighted by atomic mass is 16.6. The summed E-state index contributed by atoms with van der Waals surface area (Å²) in [6, 6.07) is 9.54. The molecule has 0 fully saturated rings. The minimum absolute atomic E-state index is 0.158. The summed E-state index contributed by atoms with van der Waals surface area (Å²) in [5.74, 6) is -1.16. The van der Waals surface area contributed by atoms with Gasteiger partial charge in [-0.3, -0.25) is 9.59 Å². The monoisotopic (exact) mass is 446 g/mol. The molecule has 3 atom stereocenters. The molecule has 178 valence electrons. The zero-order valence-corrected chi connectivity index (χ0v) is 19.5. The molecule has 3 unspecified atom stereocenters. The quantitative estimate of drug-likeness (QED) is 0.212. The molecule has 1 aromatic carbocycles. The first-order valence-corrected chi connectivity index (χ1v) is 11.9. The molecule has 6 nitrogen and oxygen atoms in total. The van der Waals surface area contributed by atoms with Crippen LogP contribution in [0.1, 0.15) is 58.8 Å². The molecule has 0 saturated heterocycles. The van der Waals surface area contributed by atoms with E-state index in [9.17, 15) is 9.59 Å². The average Bonchev–Trinajstić information content (AvgIpc) is 2.83. The molecule has 0 N–H and O–H groups in total. The van der Waals surface area contributed by atoms with E-state index in [1.165, 1.54) is 0 Å². The molecule has 0 radical (unpaired) electrons. The third-order valence-electron chi connectivity index (χ3n) is 5.45. The van der Waals surface area contributed by atoms with Crippen LogP contribution in [0.15, 0.2) is 42.5 Å². The Labute approximate surface area is 192 Å². The molecule has 1 aromatic rings. The average molecular weight is 447 g/mol. The molecule has 0 bridgehead atoms. The summed E-state index contributed by atoms with van der Waals surface area (Å²) in [7, 11) is 0. The maximum Gasteiger partial charge on any atom is 0.313 e. The lowest BCUT2D eigenvalue weighted by Crippen LogP contribution is -2.35. The molecule has 0 saturated carbocycles. The Bertz CT molecular complexity index is 687. The lowest BCUT2D eigenvalue weighted by atomic mass is 9.84. The van der Waals surface area contributed by atoms with Gasteiger partial charge in [0.05, 0.1) is 18.4 Å². The Morgan fingerprint density at radius 1 is 0.969 bits per heavy atom. The zero-order chi connectivity index (χ0) is 23.0. The predicted molar refractivity (Wildman–Crippen MR) is 123 cm³/mol. The molecule has 0 amide bonds. The van der Waals surface area contributed by atoms with Gasteiger partial charge in [-0.25, -0.2) is 0 Å². The van der Waals surface area contributed by atoms with E-state index in [2.05, 4.69) is 13.8 Å². The van der Waals surface area contributed by atoms with Crippen LogP contribution in [0.3, 0.4) is 0 Å². The fourth-order valence-electron chi connectivity index (χ4n) is 3.57. The number of para-hydroxylation sites is 1. The van der Waals surface area contributed by atoms with Crippen LogP contribution in [0, 0.1) is 11.8 Å². The number of hydrogen-bond donors (Lipinski definition) is 0. The fraction of sp³-hybridized carbons (Fsp3) is 0.615. The number of benzene rings is 1. The first kappa shape index (κ1) is 25.9. The van der Waals surface area contributed by atoms with Crippen molar-refractivity contribution in [3.8, 4) is 5.75 Å². The van der Waals surface area contributed by atoms with Crippen molar-refractivity contribution in [1.29, 1.82) is 0 Å². The number of carbonyl (C=O) groups is 2. The Hall–Kier alpha value is -2.34. The number of allylic oxidation sites excluding steroid dienone is 1. The second kappa shape index (κ2) is 15.5. The van der Waals surface area contributed by atoms with E-state index in [-0.39, 0.29) is 25.3 Å². The summed E-state index contributed by atoms with van der Waals surface area (Å²) in [5, 5.41) is 0. The van der Waals surface area contributed by atoms with Gasteiger partial charge in [-0.15, -0.1) is 0 Å². The van der Waals surface area contributed by atoms with E-state index >= 15 is 0 Å². The number of hydrogen-bond acceptors (Lipinski definition) is 6. The predicted octanol–water partition coefficient (Wildman–Crippen LogP) is 5.11. The highest BCUT2D eigenvalue weighted by Gasteiger charge is 2.36. The van der Waals surface area contributed by atoms with Crippen LogP contribution < -0.4 is 4.74 Å². The molecule has 0 aliphatic heterocycles. The van der Waals surface area contributed by atoms with Gasteiger partial charge >= 0.3 is 11.9 Å². The molecule has 32 heavy (non-hydrogen) atoms. The van der Waals surface area contributed by atoms with Crippen molar-refractivity contribution in [3.05, 3.63) is 42.5 Å². The van der Waals surface area contributed by atoms with Crippen molar-refractivity contribution in [3.63, 3.8) is 0 Å². The van der Waals surface area contributed by atoms with Crippen molar-refractivity contribution in [2.45, 2.75) is 64.9 Å². The van der Waals surface area contributed by atoms with Crippen molar-refractivity contribution in [2.75, 3.05) is 26.4 Å². The number of unbranched alkanes of at least 4 members (excludes halogenated alkanes) is 2. The summed E-state index contributed by atoms with van der Waals surface area (Å²) in [4.78, 5) is 25.4. The van der Waals surface area contributed by atoms with E-state index in [1.807, 2.05) is 36.4 Å². The minimum Gasteiger partial charge on any atom is -0.487 e. The molecule has 0 spiro atoms. The minimum atomic E-state index is -0.624. The maximum absolute atomic E-state index is 12.8. The molecule has 0 heterocycles. The molecule has 0 aromatic heterocycles. The number of ether oxygens (including phenoxy) is 4. The highest BCUT2D eigenvalue weighted by Crippen LogP contribution is 2.27. The summed E-state index contributed by atoms with van der Waals surface area (Å²) < 4.78 is 22.4.